The molecule has 0 aromatic heterocycles. The van der Waals surface area contributed by atoms with Crippen molar-refractivity contribution in [1.82, 2.24) is 0 Å². The van der Waals surface area contributed by atoms with E-state index < -0.39 is 5.97 Å². The van der Waals surface area contributed by atoms with Crippen molar-refractivity contribution in [2.45, 2.75) is 47.0 Å². The Morgan fingerprint density at radius 1 is 1.24 bits per heavy atom. The van der Waals surface area contributed by atoms with E-state index in [0.717, 1.165) is 24.5 Å². The first-order chi connectivity index (χ1) is 9.99. The van der Waals surface area contributed by atoms with Gasteiger partial charge in [0.1, 0.15) is 0 Å². The van der Waals surface area contributed by atoms with Gasteiger partial charge in [-0.15, -0.1) is 0 Å². The Labute approximate surface area is 127 Å². The fourth-order valence-corrected chi connectivity index (χ4v) is 2.96. The van der Waals surface area contributed by atoms with E-state index in [0.29, 0.717) is 23.3 Å². The average molecular weight is 289 g/mol. The average Bonchev–Trinajstić information content (AvgIpc) is 2.45. The summed E-state index contributed by atoms with van der Waals surface area (Å²) < 4.78 is 0. The fourth-order valence-electron chi connectivity index (χ4n) is 2.96. The Morgan fingerprint density at radius 2 is 1.95 bits per heavy atom. The summed E-state index contributed by atoms with van der Waals surface area (Å²) in [7, 11) is 0. The molecule has 0 amide bonds. The summed E-state index contributed by atoms with van der Waals surface area (Å²) in [6.45, 7) is 8.48. The SMILES string of the molecule is Cc1ccccc1C(=O)OO[C]1CC(C)CCC1C(C)C. The lowest BCUT2D eigenvalue weighted by Gasteiger charge is -2.34. The molecule has 0 heterocycles. The molecule has 0 aliphatic heterocycles. The first kappa shape index (κ1) is 16.0. The molecular weight excluding hydrogens is 264 g/mol. The van der Waals surface area contributed by atoms with Crippen LogP contribution in [0.5, 0.6) is 0 Å². The van der Waals surface area contributed by atoms with Gasteiger partial charge in [-0.1, -0.05) is 45.4 Å². The van der Waals surface area contributed by atoms with E-state index in [1.807, 2.05) is 25.1 Å². The summed E-state index contributed by atoms with van der Waals surface area (Å²) in [4.78, 5) is 22.7. The van der Waals surface area contributed by atoms with Crippen molar-refractivity contribution in [1.29, 1.82) is 0 Å². The van der Waals surface area contributed by atoms with Crippen LogP contribution in [0, 0.1) is 30.8 Å². The van der Waals surface area contributed by atoms with Gasteiger partial charge in [0.15, 0.2) is 6.10 Å². The molecule has 3 nitrogen and oxygen atoms in total. The number of rotatable bonds is 4. The van der Waals surface area contributed by atoms with Crippen molar-refractivity contribution in [2.75, 3.05) is 0 Å². The van der Waals surface area contributed by atoms with Gasteiger partial charge in [-0.3, -0.25) is 4.89 Å². The lowest BCUT2D eigenvalue weighted by molar-refractivity contribution is -0.251. The predicted molar refractivity (Wildman–Crippen MR) is 82.3 cm³/mol. The Hall–Kier alpha value is -1.35. The van der Waals surface area contributed by atoms with Gasteiger partial charge >= 0.3 is 5.97 Å². The molecule has 0 N–H and O–H groups in total. The highest BCUT2D eigenvalue weighted by Crippen LogP contribution is 2.40. The maximum Gasteiger partial charge on any atom is 0.373 e. The zero-order chi connectivity index (χ0) is 15.4. The van der Waals surface area contributed by atoms with E-state index in [1.54, 1.807) is 6.07 Å². The second-order valence-corrected chi connectivity index (χ2v) is 6.47. The van der Waals surface area contributed by atoms with E-state index in [4.69, 9.17) is 9.78 Å². The Kier molecular flexibility index (Phi) is 5.40. The van der Waals surface area contributed by atoms with Crippen LogP contribution in [-0.4, -0.2) is 5.97 Å². The van der Waals surface area contributed by atoms with Gasteiger partial charge in [-0.2, -0.15) is 4.89 Å². The number of hydrogen-bond acceptors (Lipinski definition) is 3. The second kappa shape index (κ2) is 7.08. The van der Waals surface area contributed by atoms with Crippen LogP contribution in [0.1, 0.15) is 56.0 Å². The first-order valence-electron chi connectivity index (χ1n) is 7.79. The smallest absolute Gasteiger partial charge is 0.292 e. The summed E-state index contributed by atoms with van der Waals surface area (Å²) in [5, 5.41) is 0. The van der Waals surface area contributed by atoms with Gasteiger partial charge in [0, 0.05) is 0 Å². The molecule has 1 fully saturated rings. The van der Waals surface area contributed by atoms with Crippen molar-refractivity contribution < 1.29 is 14.6 Å². The lowest BCUT2D eigenvalue weighted by atomic mass is 9.75. The highest BCUT2D eigenvalue weighted by molar-refractivity contribution is 5.90. The van der Waals surface area contributed by atoms with E-state index >= 15 is 0 Å². The van der Waals surface area contributed by atoms with Crippen LogP contribution < -0.4 is 0 Å². The third kappa shape index (κ3) is 4.07. The van der Waals surface area contributed by atoms with Crippen LogP contribution in [0.4, 0.5) is 0 Å². The summed E-state index contributed by atoms with van der Waals surface area (Å²) in [6.07, 6.45) is 4.12. The van der Waals surface area contributed by atoms with Gasteiger partial charge in [-0.05, 0) is 49.1 Å². The van der Waals surface area contributed by atoms with Crippen LogP contribution in [0.25, 0.3) is 0 Å². The van der Waals surface area contributed by atoms with Crippen LogP contribution in [0.3, 0.4) is 0 Å². The zero-order valence-corrected chi connectivity index (χ0v) is 13.4. The minimum absolute atomic E-state index is 0.380. The predicted octanol–water partition coefficient (Wildman–Crippen LogP) is 4.71. The van der Waals surface area contributed by atoms with Gasteiger partial charge < -0.3 is 0 Å². The molecule has 1 saturated carbocycles. The minimum atomic E-state index is -0.415. The van der Waals surface area contributed by atoms with Gasteiger partial charge in [0.05, 0.1) is 5.56 Å². The number of benzene rings is 1. The number of aryl methyl sites for hydroxylation is 1. The summed E-state index contributed by atoms with van der Waals surface area (Å²) in [5.41, 5.74) is 1.46. The molecule has 21 heavy (non-hydrogen) atoms. The molecule has 3 heteroatoms. The fraction of sp³-hybridized carbons (Fsp3) is 0.556. The molecule has 1 radical (unpaired) electrons. The molecule has 0 saturated heterocycles. The molecule has 2 rings (SSSR count). The molecule has 0 bridgehead atoms. The van der Waals surface area contributed by atoms with Crippen molar-refractivity contribution >= 4 is 5.97 Å². The lowest BCUT2D eigenvalue weighted by Crippen LogP contribution is -2.28. The monoisotopic (exact) mass is 289 g/mol. The van der Waals surface area contributed by atoms with Crippen LogP contribution in [0.15, 0.2) is 24.3 Å². The topological polar surface area (TPSA) is 35.5 Å². The molecule has 0 spiro atoms. The standard InChI is InChI=1S/C18H25O3/c1-12(2)15-10-9-13(3)11-17(15)20-21-18(19)16-8-6-5-7-14(16)4/h5-8,12-13,15H,9-11H2,1-4H3. The quantitative estimate of drug-likeness (QED) is 0.595. The number of carbonyl (C=O) groups is 1. The zero-order valence-electron chi connectivity index (χ0n) is 13.4. The van der Waals surface area contributed by atoms with Gasteiger partial charge in [-0.25, -0.2) is 4.79 Å². The largest absolute Gasteiger partial charge is 0.373 e. The number of carbonyl (C=O) groups excluding carboxylic acids is 1. The van der Waals surface area contributed by atoms with E-state index in [-0.39, 0.29) is 0 Å². The third-order valence-corrected chi connectivity index (χ3v) is 4.33. The number of hydrogen-bond donors (Lipinski definition) is 0. The van der Waals surface area contributed by atoms with Crippen molar-refractivity contribution in [3.05, 3.63) is 41.5 Å². The van der Waals surface area contributed by atoms with Crippen molar-refractivity contribution in [3.8, 4) is 0 Å². The van der Waals surface area contributed by atoms with Gasteiger partial charge in [0.2, 0.25) is 0 Å². The second-order valence-electron chi connectivity index (χ2n) is 6.47. The molecule has 1 aliphatic rings. The molecule has 2 atom stereocenters. The molecule has 2 unspecified atom stereocenters. The molecule has 115 valence electrons. The van der Waals surface area contributed by atoms with Crippen LogP contribution in [-0.2, 0) is 9.78 Å². The summed E-state index contributed by atoms with van der Waals surface area (Å²) in [6, 6.07) is 7.38. The summed E-state index contributed by atoms with van der Waals surface area (Å²) >= 11 is 0. The minimum Gasteiger partial charge on any atom is -0.292 e. The normalized spacial score (nSPS) is 23.3. The van der Waals surface area contributed by atoms with Crippen molar-refractivity contribution in [3.63, 3.8) is 0 Å². The first-order valence-corrected chi connectivity index (χ1v) is 7.79. The third-order valence-electron chi connectivity index (χ3n) is 4.33. The molecule has 1 aromatic carbocycles. The van der Waals surface area contributed by atoms with E-state index in [9.17, 15) is 4.79 Å². The molecule has 1 aromatic rings. The molecular formula is C18H25O3. The summed E-state index contributed by atoms with van der Waals surface area (Å²) in [5.74, 6) is 1.06. The highest BCUT2D eigenvalue weighted by atomic mass is 17.2. The van der Waals surface area contributed by atoms with E-state index in [2.05, 4.69) is 20.8 Å². The molecule has 1 aliphatic carbocycles. The Balaban J connectivity index is 1.97. The van der Waals surface area contributed by atoms with E-state index in [1.165, 1.54) is 6.42 Å². The van der Waals surface area contributed by atoms with Gasteiger partial charge in [0.25, 0.3) is 0 Å². The van der Waals surface area contributed by atoms with Crippen molar-refractivity contribution in [2.24, 2.45) is 17.8 Å². The Morgan fingerprint density at radius 3 is 2.62 bits per heavy atom. The van der Waals surface area contributed by atoms with Crippen LogP contribution >= 0.6 is 0 Å². The Bertz CT molecular complexity index is 481. The maximum atomic E-state index is 12.1. The highest BCUT2D eigenvalue weighted by Gasteiger charge is 2.34. The van der Waals surface area contributed by atoms with Crippen LogP contribution in [0.2, 0.25) is 0 Å². The maximum absolute atomic E-state index is 12.1.